The van der Waals surface area contributed by atoms with Crippen LogP contribution in [0.15, 0.2) is 24.4 Å². The Morgan fingerprint density at radius 3 is 2.32 bits per heavy atom. The quantitative estimate of drug-likeness (QED) is 0.905. The summed E-state index contributed by atoms with van der Waals surface area (Å²) in [4.78, 5) is 13.1. The number of benzene rings is 1. The first-order chi connectivity index (χ1) is 8.99. The topological polar surface area (TPSA) is 68.7 Å². The average molecular weight is 267 g/mol. The molecule has 6 heteroatoms. The molecule has 1 aromatic carbocycles. The van der Waals surface area contributed by atoms with Gasteiger partial charge in [-0.2, -0.15) is 0 Å². The van der Waals surface area contributed by atoms with Crippen LogP contribution >= 0.6 is 0 Å². The lowest BCUT2D eigenvalue weighted by Crippen LogP contribution is -1.92. The third kappa shape index (κ3) is 3.80. The normalized spacial score (nSPS) is 9.47. The standard InChI is InChI=1S/C11H10FNO2.C2H4O2/c1-14-10-5-7-8(12)3-4-13-9(7)6-11(10)15-2;1-2(3)4/h3-6H,1-2H3;1H3,(H,3,4). The minimum absolute atomic E-state index is 0.319. The maximum Gasteiger partial charge on any atom is 0.300 e. The number of rotatable bonds is 2. The van der Waals surface area contributed by atoms with Gasteiger partial charge in [0.1, 0.15) is 5.82 Å². The lowest BCUT2D eigenvalue weighted by Gasteiger charge is -2.08. The number of hydrogen-bond donors (Lipinski definition) is 1. The molecule has 0 aliphatic carbocycles. The van der Waals surface area contributed by atoms with Crippen molar-refractivity contribution in [3.63, 3.8) is 0 Å². The summed E-state index contributed by atoms with van der Waals surface area (Å²) in [5, 5.41) is 7.84. The third-order valence-corrected chi connectivity index (χ3v) is 2.19. The molecule has 0 spiro atoms. The van der Waals surface area contributed by atoms with Crippen molar-refractivity contribution in [2.24, 2.45) is 0 Å². The molecule has 0 unspecified atom stereocenters. The molecule has 0 fully saturated rings. The molecule has 0 bridgehead atoms. The Morgan fingerprint density at radius 2 is 1.79 bits per heavy atom. The van der Waals surface area contributed by atoms with Gasteiger partial charge in [-0.15, -0.1) is 0 Å². The summed E-state index contributed by atoms with van der Waals surface area (Å²) in [6.45, 7) is 1.08. The molecule has 19 heavy (non-hydrogen) atoms. The highest BCUT2D eigenvalue weighted by atomic mass is 19.1. The molecule has 0 aliphatic rings. The van der Waals surface area contributed by atoms with Gasteiger partial charge < -0.3 is 14.6 Å². The number of fused-ring (bicyclic) bond motifs is 1. The second-order valence-electron chi connectivity index (χ2n) is 3.54. The number of methoxy groups -OCH3 is 2. The van der Waals surface area contributed by atoms with Gasteiger partial charge in [0.25, 0.3) is 5.97 Å². The molecule has 0 saturated heterocycles. The van der Waals surface area contributed by atoms with Crippen LogP contribution < -0.4 is 9.47 Å². The molecule has 0 saturated carbocycles. The van der Waals surface area contributed by atoms with Gasteiger partial charge in [-0.3, -0.25) is 9.78 Å². The molecule has 5 nitrogen and oxygen atoms in total. The highest BCUT2D eigenvalue weighted by Crippen LogP contribution is 2.31. The van der Waals surface area contributed by atoms with Crippen molar-refractivity contribution >= 4 is 16.9 Å². The lowest BCUT2D eigenvalue weighted by atomic mass is 10.2. The van der Waals surface area contributed by atoms with Crippen molar-refractivity contribution in [3.8, 4) is 11.5 Å². The Bertz CT molecular complexity index is 582. The van der Waals surface area contributed by atoms with E-state index in [2.05, 4.69) is 4.98 Å². The van der Waals surface area contributed by atoms with Gasteiger partial charge in [0, 0.05) is 24.6 Å². The summed E-state index contributed by atoms with van der Waals surface area (Å²) in [6, 6.07) is 4.54. The van der Waals surface area contributed by atoms with Crippen molar-refractivity contribution in [3.05, 3.63) is 30.2 Å². The Morgan fingerprint density at radius 1 is 1.26 bits per heavy atom. The van der Waals surface area contributed by atoms with Crippen LogP contribution in [0.1, 0.15) is 6.92 Å². The van der Waals surface area contributed by atoms with E-state index < -0.39 is 5.97 Å². The summed E-state index contributed by atoms with van der Waals surface area (Å²) in [6.07, 6.45) is 1.42. The number of nitrogens with zero attached hydrogens (tertiary/aromatic N) is 1. The number of halogens is 1. The number of carboxylic acid groups (broad SMARTS) is 1. The van der Waals surface area contributed by atoms with E-state index in [1.54, 1.807) is 12.1 Å². The van der Waals surface area contributed by atoms with Crippen LogP contribution in [0.2, 0.25) is 0 Å². The minimum atomic E-state index is -0.833. The molecule has 102 valence electrons. The Kier molecular flexibility index (Phi) is 5.05. The zero-order valence-electron chi connectivity index (χ0n) is 10.8. The number of carbonyl (C=O) groups is 1. The SMILES string of the molecule is CC(=O)O.COc1cc2nccc(F)c2cc1OC. The second kappa shape index (κ2) is 6.53. The van der Waals surface area contributed by atoms with Crippen molar-refractivity contribution in [2.75, 3.05) is 14.2 Å². The molecule has 2 rings (SSSR count). The smallest absolute Gasteiger partial charge is 0.300 e. The zero-order valence-corrected chi connectivity index (χ0v) is 10.8. The van der Waals surface area contributed by atoms with Crippen LogP contribution in [0.4, 0.5) is 4.39 Å². The largest absolute Gasteiger partial charge is 0.493 e. The van der Waals surface area contributed by atoms with E-state index in [1.165, 1.54) is 26.5 Å². The monoisotopic (exact) mass is 267 g/mol. The summed E-state index contributed by atoms with van der Waals surface area (Å²) >= 11 is 0. The fourth-order valence-electron chi connectivity index (χ4n) is 1.44. The number of aliphatic carboxylic acids is 1. The number of hydrogen-bond acceptors (Lipinski definition) is 4. The molecule has 0 aliphatic heterocycles. The first kappa shape index (κ1) is 14.7. The van der Waals surface area contributed by atoms with Crippen LogP contribution in [0, 0.1) is 5.82 Å². The van der Waals surface area contributed by atoms with Gasteiger partial charge in [0.2, 0.25) is 0 Å². The van der Waals surface area contributed by atoms with E-state index in [-0.39, 0.29) is 5.82 Å². The Balaban J connectivity index is 0.000000399. The van der Waals surface area contributed by atoms with Crippen molar-refractivity contribution in [2.45, 2.75) is 6.92 Å². The van der Waals surface area contributed by atoms with Crippen LogP contribution in [0.3, 0.4) is 0 Å². The Labute approximate surface area is 109 Å². The maximum atomic E-state index is 13.4. The number of aromatic nitrogens is 1. The molecule has 1 aromatic heterocycles. The van der Waals surface area contributed by atoms with Crippen molar-refractivity contribution in [1.29, 1.82) is 0 Å². The predicted octanol–water partition coefficient (Wildman–Crippen LogP) is 2.48. The van der Waals surface area contributed by atoms with Crippen LogP contribution in [-0.2, 0) is 4.79 Å². The van der Waals surface area contributed by atoms with E-state index in [0.29, 0.717) is 22.4 Å². The highest BCUT2D eigenvalue weighted by molar-refractivity contribution is 5.83. The van der Waals surface area contributed by atoms with Crippen LogP contribution in [-0.4, -0.2) is 30.3 Å². The number of carboxylic acids is 1. The van der Waals surface area contributed by atoms with Gasteiger partial charge in [0.05, 0.1) is 19.7 Å². The van der Waals surface area contributed by atoms with Crippen molar-refractivity contribution < 1.29 is 23.8 Å². The Hall–Kier alpha value is -2.37. The average Bonchev–Trinajstić information content (AvgIpc) is 2.37. The zero-order chi connectivity index (χ0) is 14.4. The second-order valence-corrected chi connectivity index (χ2v) is 3.54. The molecule has 1 heterocycles. The molecule has 2 aromatic rings. The van der Waals surface area contributed by atoms with Crippen molar-refractivity contribution in [1.82, 2.24) is 4.98 Å². The predicted molar refractivity (Wildman–Crippen MR) is 68.1 cm³/mol. The van der Waals surface area contributed by atoms with E-state index in [4.69, 9.17) is 19.4 Å². The van der Waals surface area contributed by atoms with Crippen LogP contribution in [0.25, 0.3) is 10.9 Å². The van der Waals surface area contributed by atoms with Gasteiger partial charge >= 0.3 is 0 Å². The fourth-order valence-corrected chi connectivity index (χ4v) is 1.44. The summed E-state index contributed by atoms with van der Waals surface area (Å²) in [5.74, 6) is -0.110. The molecular formula is C13H14FNO4. The van der Waals surface area contributed by atoms with E-state index in [1.807, 2.05) is 0 Å². The molecular weight excluding hydrogens is 253 g/mol. The van der Waals surface area contributed by atoms with Gasteiger partial charge in [-0.1, -0.05) is 0 Å². The molecule has 1 N–H and O–H groups in total. The number of pyridine rings is 1. The van der Waals surface area contributed by atoms with Gasteiger partial charge in [-0.25, -0.2) is 4.39 Å². The molecule has 0 radical (unpaired) electrons. The third-order valence-electron chi connectivity index (χ3n) is 2.19. The molecule has 0 amide bonds. The van der Waals surface area contributed by atoms with E-state index >= 15 is 0 Å². The molecule has 0 atom stereocenters. The van der Waals surface area contributed by atoms with Gasteiger partial charge in [0.15, 0.2) is 11.5 Å². The van der Waals surface area contributed by atoms with E-state index in [9.17, 15) is 4.39 Å². The first-order valence-corrected chi connectivity index (χ1v) is 5.35. The lowest BCUT2D eigenvalue weighted by molar-refractivity contribution is -0.134. The first-order valence-electron chi connectivity index (χ1n) is 5.35. The summed E-state index contributed by atoms with van der Waals surface area (Å²) in [5.41, 5.74) is 0.549. The highest BCUT2D eigenvalue weighted by Gasteiger charge is 2.08. The summed E-state index contributed by atoms with van der Waals surface area (Å²) in [7, 11) is 3.04. The van der Waals surface area contributed by atoms with E-state index in [0.717, 1.165) is 6.92 Å². The number of ether oxygens (including phenoxy) is 2. The maximum absolute atomic E-state index is 13.4. The fraction of sp³-hybridized carbons (Fsp3) is 0.231. The van der Waals surface area contributed by atoms with Crippen LogP contribution in [0.5, 0.6) is 11.5 Å². The minimum Gasteiger partial charge on any atom is -0.493 e. The van der Waals surface area contributed by atoms with Gasteiger partial charge in [-0.05, 0) is 12.1 Å². The summed E-state index contributed by atoms with van der Waals surface area (Å²) < 4.78 is 23.6.